The molecule has 0 spiro atoms. The van der Waals surface area contributed by atoms with Gasteiger partial charge >= 0.3 is 0 Å². The summed E-state index contributed by atoms with van der Waals surface area (Å²) in [5, 5.41) is 3.39. The Bertz CT molecular complexity index is 601. The minimum atomic E-state index is -0.383. The fourth-order valence-electron chi connectivity index (χ4n) is 2.08. The molecule has 0 fully saturated rings. The van der Waals surface area contributed by atoms with Gasteiger partial charge in [-0.1, -0.05) is 19.1 Å². The van der Waals surface area contributed by atoms with Gasteiger partial charge in [-0.05, 0) is 50.6 Å². The van der Waals surface area contributed by atoms with Crippen LogP contribution in [-0.4, -0.2) is 11.5 Å². The van der Waals surface area contributed by atoms with Crippen LogP contribution in [0.15, 0.2) is 36.5 Å². The van der Waals surface area contributed by atoms with E-state index in [-0.39, 0.29) is 17.6 Å². The van der Waals surface area contributed by atoms with Crippen LogP contribution < -0.4 is 10.1 Å². The lowest BCUT2D eigenvalue weighted by atomic mass is 10.1. The second kappa shape index (κ2) is 7.18. The van der Waals surface area contributed by atoms with Gasteiger partial charge < -0.3 is 10.1 Å². The van der Waals surface area contributed by atoms with E-state index in [2.05, 4.69) is 17.2 Å². The third-order valence-corrected chi connectivity index (χ3v) is 3.26. The summed E-state index contributed by atoms with van der Waals surface area (Å²) in [6.45, 7) is 6.97. The van der Waals surface area contributed by atoms with Crippen molar-refractivity contribution in [2.75, 3.05) is 6.54 Å². The molecule has 21 heavy (non-hydrogen) atoms. The average Bonchev–Trinajstić information content (AvgIpc) is 2.49. The number of hydrogen-bond acceptors (Lipinski definition) is 3. The maximum atomic E-state index is 13.8. The molecular weight excluding hydrogens is 267 g/mol. The molecule has 4 heteroatoms. The fraction of sp³-hybridized carbons (Fsp3) is 0.353. The first-order chi connectivity index (χ1) is 10.1. The smallest absolute Gasteiger partial charge is 0.224 e. The van der Waals surface area contributed by atoms with Crippen LogP contribution in [0.1, 0.15) is 37.4 Å². The minimum absolute atomic E-state index is 0.0986. The van der Waals surface area contributed by atoms with Crippen LogP contribution in [-0.2, 0) is 0 Å². The Labute approximate surface area is 125 Å². The van der Waals surface area contributed by atoms with Gasteiger partial charge in [-0.25, -0.2) is 9.37 Å². The van der Waals surface area contributed by atoms with Gasteiger partial charge in [0.2, 0.25) is 5.88 Å². The number of nitrogens with zero attached hydrogens (tertiary/aromatic N) is 1. The number of nitrogens with one attached hydrogen (secondary N) is 1. The van der Waals surface area contributed by atoms with E-state index in [1.807, 2.05) is 26.0 Å². The van der Waals surface area contributed by atoms with Crippen molar-refractivity contribution < 1.29 is 9.13 Å². The SMILES string of the molecule is CCCNC(C)c1cccnc1Oc1cc(C)ccc1F. The molecule has 0 aliphatic rings. The van der Waals surface area contributed by atoms with Crippen LogP contribution in [0.4, 0.5) is 4.39 Å². The van der Waals surface area contributed by atoms with E-state index in [1.54, 1.807) is 18.3 Å². The molecule has 2 aromatic rings. The zero-order valence-corrected chi connectivity index (χ0v) is 12.7. The molecule has 1 atom stereocenters. The fourth-order valence-corrected chi connectivity index (χ4v) is 2.08. The van der Waals surface area contributed by atoms with E-state index in [4.69, 9.17) is 4.74 Å². The number of aromatic nitrogens is 1. The third kappa shape index (κ3) is 4.02. The van der Waals surface area contributed by atoms with Crippen molar-refractivity contribution in [3.8, 4) is 11.6 Å². The van der Waals surface area contributed by atoms with Crippen molar-refractivity contribution in [2.24, 2.45) is 0 Å². The molecule has 0 saturated carbocycles. The van der Waals surface area contributed by atoms with E-state index < -0.39 is 0 Å². The van der Waals surface area contributed by atoms with Gasteiger partial charge in [0.25, 0.3) is 0 Å². The number of ether oxygens (including phenoxy) is 1. The number of hydrogen-bond donors (Lipinski definition) is 1. The normalized spacial score (nSPS) is 12.2. The van der Waals surface area contributed by atoms with Gasteiger partial charge in [-0.2, -0.15) is 0 Å². The molecule has 0 bridgehead atoms. The van der Waals surface area contributed by atoms with Crippen LogP contribution in [0.2, 0.25) is 0 Å². The monoisotopic (exact) mass is 288 g/mol. The van der Waals surface area contributed by atoms with E-state index in [1.165, 1.54) is 6.07 Å². The van der Waals surface area contributed by atoms with Gasteiger partial charge in [0, 0.05) is 17.8 Å². The highest BCUT2D eigenvalue weighted by molar-refractivity contribution is 5.36. The van der Waals surface area contributed by atoms with E-state index >= 15 is 0 Å². The number of rotatable bonds is 6. The molecule has 1 heterocycles. The molecule has 3 nitrogen and oxygen atoms in total. The number of pyridine rings is 1. The van der Waals surface area contributed by atoms with Crippen LogP contribution in [0.25, 0.3) is 0 Å². The number of halogens is 1. The van der Waals surface area contributed by atoms with Crippen molar-refractivity contribution in [1.82, 2.24) is 10.3 Å². The standard InChI is InChI=1S/C17H21FN2O/c1-4-9-19-13(3)14-6-5-10-20-17(14)21-16-11-12(2)7-8-15(16)18/h5-8,10-11,13,19H,4,9H2,1-3H3. The van der Waals surface area contributed by atoms with Crippen molar-refractivity contribution in [1.29, 1.82) is 0 Å². The average molecular weight is 288 g/mol. The maximum Gasteiger partial charge on any atom is 0.224 e. The molecule has 0 aliphatic heterocycles. The Balaban J connectivity index is 2.25. The molecule has 1 unspecified atom stereocenters. The quantitative estimate of drug-likeness (QED) is 0.856. The van der Waals surface area contributed by atoms with Crippen LogP contribution in [0.3, 0.4) is 0 Å². The Morgan fingerprint density at radius 1 is 1.33 bits per heavy atom. The molecule has 0 saturated heterocycles. The second-order valence-corrected chi connectivity index (χ2v) is 5.11. The van der Waals surface area contributed by atoms with Crippen molar-refractivity contribution >= 4 is 0 Å². The molecular formula is C17H21FN2O. The predicted octanol–water partition coefficient (Wildman–Crippen LogP) is 4.38. The first kappa shape index (κ1) is 15.4. The van der Waals surface area contributed by atoms with E-state index in [9.17, 15) is 4.39 Å². The number of aryl methyl sites for hydroxylation is 1. The summed E-state index contributed by atoms with van der Waals surface area (Å²) >= 11 is 0. The zero-order valence-electron chi connectivity index (χ0n) is 12.7. The molecule has 112 valence electrons. The summed E-state index contributed by atoms with van der Waals surface area (Å²) in [6.07, 6.45) is 2.70. The highest BCUT2D eigenvalue weighted by Gasteiger charge is 2.14. The summed E-state index contributed by atoms with van der Waals surface area (Å²) in [5.41, 5.74) is 1.87. The summed E-state index contributed by atoms with van der Waals surface area (Å²) in [4.78, 5) is 4.25. The number of benzene rings is 1. The molecule has 1 N–H and O–H groups in total. The first-order valence-corrected chi connectivity index (χ1v) is 7.24. The summed E-state index contributed by atoms with van der Waals surface area (Å²) in [6, 6.07) is 8.71. The highest BCUT2D eigenvalue weighted by Crippen LogP contribution is 2.29. The maximum absolute atomic E-state index is 13.8. The van der Waals surface area contributed by atoms with Gasteiger partial charge in [0.1, 0.15) is 0 Å². The molecule has 0 aliphatic carbocycles. The van der Waals surface area contributed by atoms with Gasteiger partial charge in [-0.3, -0.25) is 0 Å². The Kier molecular flexibility index (Phi) is 5.28. The van der Waals surface area contributed by atoms with E-state index in [0.717, 1.165) is 24.1 Å². The van der Waals surface area contributed by atoms with Gasteiger partial charge in [0.15, 0.2) is 11.6 Å². The lowest BCUT2D eigenvalue weighted by Gasteiger charge is -2.17. The molecule has 1 aromatic heterocycles. The molecule has 2 rings (SSSR count). The second-order valence-electron chi connectivity index (χ2n) is 5.11. The molecule has 1 aromatic carbocycles. The third-order valence-electron chi connectivity index (χ3n) is 3.26. The van der Waals surface area contributed by atoms with Crippen LogP contribution in [0.5, 0.6) is 11.6 Å². The highest BCUT2D eigenvalue weighted by atomic mass is 19.1. The molecule has 0 radical (unpaired) electrons. The van der Waals surface area contributed by atoms with Gasteiger partial charge in [-0.15, -0.1) is 0 Å². The van der Waals surface area contributed by atoms with E-state index in [0.29, 0.717) is 5.88 Å². The van der Waals surface area contributed by atoms with Crippen molar-refractivity contribution in [3.05, 3.63) is 53.5 Å². The largest absolute Gasteiger partial charge is 0.436 e. The lowest BCUT2D eigenvalue weighted by molar-refractivity contribution is 0.413. The summed E-state index contributed by atoms with van der Waals surface area (Å²) in [7, 11) is 0. The lowest BCUT2D eigenvalue weighted by Crippen LogP contribution is -2.20. The van der Waals surface area contributed by atoms with Gasteiger partial charge in [0.05, 0.1) is 0 Å². The van der Waals surface area contributed by atoms with Crippen LogP contribution in [0, 0.1) is 12.7 Å². The van der Waals surface area contributed by atoms with Crippen LogP contribution >= 0.6 is 0 Å². The Morgan fingerprint density at radius 2 is 2.14 bits per heavy atom. The zero-order chi connectivity index (χ0) is 15.2. The molecule has 0 amide bonds. The van der Waals surface area contributed by atoms with Crippen molar-refractivity contribution in [2.45, 2.75) is 33.2 Å². The summed E-state index contributed by atoms with van der Waals surface area (Å²) in [5.74, 6) is 0.266. The predicted molar refractivity (Wildman–Crippen MR) is 82.2 cm³/mol. The Morgan fingerprint density at radius 3 is 2.90 bits per heavy atom. The topological polar surface area (TPSA) is 34.2 Å². The van der Waals surface area contributed by atoms with Crippen molar-refractivity contribution in [3.63, 3.8) is 0 Å². The Hall–Kier alpha value is -1.94. The minimum Gasteiger partial charge on any atom is -0.436 e. The first-order valence-electron chi connectivity index (χ1n) is 7.24. The summed E-state index contributed by atoms with van der Waals surface area (Å²) < 4.78 is 19.5.